The molecule has 0 aliphatic carbocycles. The number of aromatic amines is 1. The van der Waals surface area contributed by atoms with Crippen LogP contribution in [-0.2, 0) is 6.54 Å². The summed E-state index contributed by atoms with van der Waals surface area (Å²) in [6, 6.07) is 6.97. The van der Waals surface area contributed by atoms with E-state index in [2.05, 4.69) is 15.3 Å². The molecule has 4 rings (SSSR count). The molecule has 1 aromatic carbocycles. The number of urea groups is 1. The first kappa shape index (κ1) is 21.6. The van der Waals surface area contributed by atoms with Gasteiger partial charge in [-0.3, -0.25) is 14.6 Å². The minimum Gasteiger partial charge on any atom is -0.497 e. The average molecular weight is 437 g/mol. The zero-order valence-electron chi connectivity index (χ0n) is 18.8. The molecule has 0 spiro atoms. The summed E-state index contributed by atoms with van der Waals surface area (Å²) < 4.78 is 5.43. The number of ether oxygens (including phenoxy) is 1. The summed E-state index contributed by atoms with van der Waals surface area (Å²) in [6.07, 6.45) is 3.62. The maximum atomic E-state index is 13.5. The SMILES string of the molecule is CCN1C(=O)N(c2cc(OC)cc(C(=O)NCCN(C)C)c2)Cc2cnc3[nH]ccc3c21. The molecule has 168 valence electrons. The van der Waals surface area contributed by atoms with Crippen molar-refractivity contribution in [1.82, 2.24) is 20.2 Å². The van der Waals surface area contributed by atoms with Crippen LogP contribution in [0.3, 0.4) is 0 Å². The summed E-state index contributed by atoms with van der Waals surface area (Å²) in [7, 11) is 5.45. The molecule has 0 saturated heterocycles. The van der Waals surface area contributed by atoms with Gasteiger partial charge in [-0.15, -0.1) is 0 Å². The number of methoxy groups -OCH3 is 1. The monoisotopic (exact) mass is 436 g/mol. The third kappa shape index (κ3) is 3.99. The van der Waals surface area contributed by atoms with Gasteiger partial charge in [0.25, 0.3) is 5.91 Å². The van der Waals surface area contributed by atoms with Crippen molar-refractivity contribution in [3.63, 3.8) is 0 Å². The summed E-state index contributed by atoms with van der Waals surface area (Å²) in [5, 5.41) is 3.83. The smallest absolute Gasteiger partial charge is 0.329 e. The maximum absolute atomic E-state index is 13.5. The number of anilines is 2. The van der Waals surface area contributed by atoms with Crippen molar-refractivity contribution >= 4 is 34.3 Å². The van der Waals surface area contributed by atoms with Crippen LogP contribution in [0.5, 0.6) is 5.75 Å². The van der Waals surface area contributed by atoms with E-state index in [1.807, 2.05) is 38.2 Å². The fraction of sp³-hybridized carbons (Fsp3) is 0.348. The Morgan fingerprint density at radius 3 is 2.84 bits per heavy atom. The molecule has 3 amide bonds. The number of H-pyrrole nitrogens is 1. The van der Waals surface area contributed by atoms with Crippen LogP contribution in [0.4, 0.5) is 16.2 Å². The zero-order chi connectivity index (χ0) is 22.8. The van der Waals surface area contributed by atoms with Gasteiger partial charge in [0.05, 0.1) is 25.0 Å². The molecule has 1 aliphatic rings. The van der Waals surface area contributed by atoms with E-state index in [0.29, 0.717) is 36.6 Å². The average Bonchev–Trinajstić information content (AvgIpc) is 3.27. The van der Waals surface area contributed by atoms with E-state index in [9.17, 15) is 9.59 Å². The summed E-state index contributed by atoms with van der Waals surface area (Å²) >= 11 is 0. The van der Waals surface area contributed by atoms with Gasteiger partial charge in [0, 0.05) is 54.6 Å². The number of pyridine rings is 1. The van der Waals surface area contributed by atoms with Crippen LogP contribution in [0.2, 0.25) is 0 Å². The predicted octanol–water partition coefficient (Wildman–Crippen LogP) is 2.83. The molecule has 2 N–H and O–H groups in total. The lowest BCUT2D eigenvalue weighted by atomic mass is 10.1. The van der Waals surface area contributed by atoms with Gasteiger partial charge in [-0.25, -0.2) is 9.78 Å². The van der Waals surface area contributed by atoms with E-state index in [1.165, 1.54) is 0 Å². The van der Waals surface area contributed by atoms with E-state index in [4.69, 9.17) is 4.74 Å². The van der Waals surface area contributed by atoms with Crippen molar-refractivity contribution in [2.24, 2.45) is 0 Å². The minimum atomic E-state index is -0.208. The molecule has 0 bridgehead atoms. The van der Waals surface area contributed by atoms with Gasteiger partial charge >= 0.3 is 6.03 Å². The molecule has 0 unspecified atom stereocenters. The Bertz CT molecular complexity index is 1160. The van der Waals surface area contributed by atoms with Crippen LogP contribution in [0.15, 0.2) is 36.7 Å². The van der Waals surface area contributed by atoms with Crippen LogP contribution in [-0.4, -0.2) is 67.6 Å². The van der Waals surface area contributed by atoms with Crippen LogP contribution in [0.1, 0.15) is 22.8 Å². The summed E-state index contributed by atoms with van der Waals surface area (Å²) in [4.78, 5) is 39.2. The number of rotatable bonds is 7. The second kappa shape index (κ2) is 8.88. The fourth-order valence-electron chi connectivity index (χ4n) is 3.93. The van der Waals surface area contributed by atoms with Crippen molar-refractivity contribution in [3.8, 4) is 5.75 Å². The largest absolute Gasteiger partial charge is 0.497 e. The third-order valence-electron chi connectivity index (χ3n) is 5.56. The van der Waals surface area contributed by atoms with Gasteiger partial charge in [-0.2, -0.15) is 0 Å². The molecule has 0 saturated carbocycles. The summed E-state index contributed by atoms with van der Waals surface area (Å²) in [5.74, 6) is 0.307. The molecule has 0 atom stereocenters. The van der Waals surface area contributed by atoms with E-state index in [1.54, 1.807) is 41.3 Å². The van der Waals surface area contributed by atoms with Crippen LogP contribution >= 0.6 is 0 Å². The Morgan fingerprint density at radius 1 is 1.31 bits per heavy atom. The molecule has 9 heteroatoms. The lowest BCUT2D eigenvalue weighted by Crippen LogP contribution is -2.47. The van der Waals surface area contributed by atoms with Gasteiger partial charge in [0.15, 0.2) is 0 Å². The number of hydrogen-bond acceptors (Lipinski definition) is 5. The number of amides is 3. The fourth-order valence-corrected chi connectivity index (χ4v) is 3.93. The van der Waals surface area contributed by atoms with Crippen LogP contribution in [0.25, 0.3) is 11.0 Å². The van der Waals surface area contributed by atoms with Crippen molar-refractivity contribution < 1.29 is 14.3 Å². The molecular weight excluding hydrogens is 408 g/mol. The first-order valence-electron chi connectivity index (χ1n) is 10.6. The van der Waals surface area contributed by atoms with Crippen LogP contribution < -0.4 is 19.9 Å². The molecule has 0 fully saturated rings. The Morgan fingerprint density at radius 2 is 2.12 bits per heavy atom. The molecule has 2 aromatic heterocycles. The lowest BCUT2D eigenvalue weighted by Gasteiger charge is -2.37. The summed E-state index contributed by atoms with van der Waals surface area (Å²) in [5.41, 5.74) is 3.62. The van der Waals surface area contributed by atoms with Crippen LogP contribution in [0, 0.1) is 0 Å². The topological polar surface area (TPSA) is 93.8 Å². The molecule has 3 heterocycles. The number of hydrogen-bond donors (Lipinski definition) is 2. The Balaban J connectivity index is 1.69. The maximum Gasteiger partial charge on any atom is 0.329 e. The Hall–Kier alpha value is -3.59. The molecule has 9 nitrogen and oxygen atoms in total. The number of benzene rings is 1. The highest BCUT2D eigenvalue weighted by molar-refractivity contribution is 6.11. The number of nitrogens with zero attached hydrogens (tertiary/aromatic N) is 4. The molecule has 3 aromatic rings. The standard InChI is InChI=1S/C23H28N6O3/c1-5-28-20-16(13-26-21-19(20)6-7-24-21)14-29(23(28)31)17-10-15(11-18(12-17)32-4)22(30)25-8-9-27(2)3/h6-7,10-13H,5,8-9,14H2,1-4H3,(H,24,26)(H,25,30). The van der Waals surface area contributed by atoms with Gasteiger partial charge < -0.3 is 19.9 Å². The zero-order valence-corrected chi connectivity index (χ0v) is 18.8. The Kier molecular flexibility index (Phi) is 6.00. The number of fused-ring (bicyclic) bond motifs is 3. The minimum absolute atomic E-state index is 0.152. The van der Waals surface area contributed by atoms with Crippen molar-refractivity contribution in [2.45, 2.75) is 13.5 Å². The number of likely N-dealkylation sites (N-methyl/N-ethyl adjacent to an activating group) is 1. The Labute approximate surface area is 187 Å². The van der Waals surface area contributed by atoms with Crippen molar-refractivity contribution in [1.29, 1.82) is 0 Å². The van der Waals surface area contributed by atoms with E-state index < -0.39 is 0 Å². The molecule has 1 aliphatic heterocycles. The van der Waals surface area contributed by atoms with E-state index >= 15 is 0 Å². The first-order chi connectivity index (χ1) is 15.4. The van der Waals surface area contributed by atoms with Crippen molar-refractivity contribution in [2.75, 3.05) is 50.6 Å². The quantitative estimate of drug-likeness (QED) is 0.594. The number of carbonyl (C=O) groups is 2. The highest BCUT2D eigenvalue weighted by atomic mass is 16.5. The second-order valence-corrected chi connectivity index (χ2v) is 7.96. The number of aromatic nitrogens is 2. The summed E-state index contributed by atoms with van der Waals surface area (Å²) in [6.45, 7) is 4.06. The number of carbonyl (C=O) groups excluding carboxylic acids is 2. The van der Waals surface area contributed by atoms with Gasteiger partial charge in [-0.1, -0.05) is 0 Å². The molecule has 0 radical (unpaired) electrons. The molecule has 32 heavy (non-hydrogen) atoms. The normalized spacial score (nSPS) is 13.6. The number of nitrogens with one attached hydrogen (secondary N) is 2. The highest BCUT2D eigenvalue weighted by Crippen LogP contribution is 2.37. The van der Waals surface area contributed by atoms with E-state index in [0.717, 1.165) is 28.8 Å². The first-order valence-corrected chi connectivity index (χ1v) is 10.6. The second-order valence-electron chi connectivity index (χ2n) is 7.96. The van der Waals surface area contributed by atoms with Gasteiger partial charge in [0.2, 0.25) is 0 Å². The third-order valence-corrected chi connectivity index (χ3v) is 5.56. The highest BCUT2D eigenvalue weighted by Gasteiger charge is 2.33. The lowest BCUT2D eigenvalue weighted by molar-refractivity contribution is 0.0950. The van der Waals surface area contributed by atoms with E-state index in [-0.39, 0.29) is 11.9 Å². The van der Waals surface area contributed by atoms with Gasteiger partial charge in [0.1, 0.15) is 11.4 Å². The molecular formula is C23H28N6O3. The predicted molar refractivity (Wildman–Crippen MR) is 125 cm³/mol. The van der Waals surface area contributed by atoms with Crippen molar-refractivity contribution in [3.05, 3.63) is 47.8 Å². The van der Waals surface area contributed by atoms with Gasteiger partial charge in [-0.05, 0) is 39.2 Å².